The lowest BCUT2D eigenvalue weighted by Gasteiger charge is -2.17. The van der Waals surface area contributed by atoms with E-state index in [1.165, 1.54) is 6.92 Å². The summed E-state index contributed by atoms with van der Waals surface area (Å²) in [5.41, 5.74) is -0.596. The predicted molar refractivity (Wildman–Crippen MR) is 65.5 cm³/mol. The lowest BCUT2D eigenvalue weighted by Crippen LogP contribution is -2.32. The van der Waals surface area contributed by atoms with Gasteiger partial charge in [0.25, 0.3) is 12.3 Å². The van der Waals surface area contributed by atoms with Crippen LogP contribution in [0.25, 0.3) is 0 Å². The molecule has 0 spiro atoms. The number of hydrogen-bond acceptors (Lipinski definition) is 3. The number of hydrogen-bond donors (Lipinski definition) is 1. The zero-order valence-electron chi connectivity index (χ0n) is 10.7. The maximum Gasteiger partial charge on any atom is 0.256 e. The largest absolute Gasteiger partial charge is 0.336 e. The zero-order valence-corrected chi connectivity index (χ0v) is 11.5. The van der Waals surface area contributed by atoms with E-state index in [1.807, 2.05) is 0 Å². The van der Waals surface area contributed by atoms with E-state index < -0.39 is 45.2 Å². The van der Waals surface area contributed by atoms with Gasteiger partial charge in [0.2, 0.25) is 10.0 Å². The van der Waals surface area contributed by atoms with Crippen molar-refractivity contribution in [2.24, 2.45) is 5.14 Å². The van der Waals surface area contributed by atoms with Crippen LogP contribution in [-0.4, -0.2) is 39.2 Å². The number of alkyl halides is 2. The first-order valence-electron chi connectivity index (χ1n) is 5.40. The van der Waals surface area contributed by atoms with Crippen molar-refractivity contribution in [1.82, 2.24) is 4.90 Å². The molecular formula is C11H13F3N2O3S. The molecule has 0 fully saturated rings. The Morgan fingerprint density at radius 2 is 1.95 bits per heavy atom. The van der Waals surface area contributed by atoms with Gasteiger partial charge >= 0.3 is 0 Å². The molecule has 20 heavy (non-hydrogen) atoms. The van der Waals surface area contributed by atoms with Crippen LogP contribution in [0.5, 0.6) is 0 Å². The Morgan fingerprint density at radius 1 is 1.40 bits per heavy atom. The number of amides is 1. The molecule has 0 bridgehead atoms. The summed E-state index contributed by atoms with van der Waals surface area (Å²) < 4.78 is 60.7. The van der Waals surface area contributed by atoms with Gasteiger partial charge in [-0.05, 0) is 24.6 Å². The lowest BCUT2D eigenvalue weighted by molar-refractivity contribution is 0.0616. The SMILES string of the molecule is Cc1cc(F)c(C(=O)N(C)CC(F)F)cc1S(N)(=O)=O. The molecular weight excluding hydrogens is 297 g/mol. The Morgan fingerprint density at radius 3 is 2.40 bits per heavy atom. The summed E-state index contributed by atoms with van der Waals surface area (Å²) >= 11 is 0. The maximum atomic E-state index is 13.7. The van der Waals surface area contributed by atoms with Gasteiger partial charge in [-0.3, -0.25) is 4.79 Å². The number of aryl methyl sites for hydroxylation is 1. The maximum absolute atomic E-state index is 13.7. The van der Waals surface area contributed by atoms with Gasteiger partial charge in [-0.15, -0.1) is 0 Å². The van der Waals surface area contributed by atoms with Crippen molar-refractivity contribution in [3.05, 3.63) is 29.1 Å². The Hall–Kier alpha value is -1.61. The van der Waals surface area contributed by atoms with Crippen molar-refractivity contribution in [2.45, 2.75) is 18.2 Å². The van der Waals surface area contributed by atoms with Crippen LogP contribution in [0.2, 0.25) is 0 Å². The summed E-state index contributed by atoms with van der Waals surface area (Å²) in [7, 11) is -3.08. The molecule has 5 nitrogen and oxygen atoms in total. The number of benzene rings is 1. The smallest absolute Gasteiger partial charge is 0.256 e. The number of halogens is 3. The first-order chi connectivity index (χ1) is 9.04. The van der Waals surface area contributed by atoms with Gasteiger partial charge in [-0.1, -0.05) is 0 Å². The van der Waals surface area contributed by atoms with Crippen LogP contribution in [0, 0.1) is 12.7 Å². The molecule has 0 saturated carbocycles. The summed E-state index contributed by atoms with van der Waals surface area (Å²) in [6.45, 7) is 0.414. The summed E-state index contributed by atoms with van der Waals surface area (Å²) in [4.78, 5) is 12.0. The second kappa shape index (κ2) is 5.80. The van der Waals surface area contributed by atoms with E-state index >= 15 is 0 Å². The standard InChI is InChI=1S/C11H13F3N2O3S/c1-6-3-8(12)7(4-9(6)20(15,18)19)11(17)16(2)5-10(13)14/h3-4,10H,5H2,1-2H3,(H2,15,18,19). The van der Waals surface area contributed by atoms with Gasteiger partial charge in [-0.2, -0.15) is 0 Å². The average molecular weight is 310 g/mol. The van der Waals surface area contributed by atoms with Gasteiger partial charge < -0.3 is 4.90 Å². The normalized spacial score (nSPS) is 11.8. The molecule has 0 aliphatic rings. The van der Waals surface area contributed by atoms with Crippen molar-refractivity contribution in [3.63, 3.8) is 0 Å². The third-order valence-corrected chi connectivity index (χ3v) is 3.61. The minimum Gasteiger partial charge on any atom is -0.336 e. The molecule has 0 radical (unpaired) electrons. The van der Waals surface area contributed by atoms with E-state index in [4.69, 9.17) is 5.14 Å². The van der Waals surface area contributed by atoms with Crippen LogP contribution in [0.1, 0.15) is 15.9 Å². The fourth-order valence-corrected chi connectivity index (χ4v) is 2.41. The number of nitrogens with zero attached hydrogens (tertiary/aromatic N) is 1. The van der Waals surface area contributed by atoms with Crippen LogP contribution in [0.4, 0.5) is 13.2 Å². The molecule has 112 valence electrons. The summed E-state index contributed by atoms with van der Waals surface area (Å²) in [6, 6.07) is 1.58. The van der Waals surface area contributed by atoms with E-state index in [1.54, 1.807) is 0 Å². The Kier molecular flexibility index (Phi) is 4.77. The van der Waals surface area contributed by atoms with Crippen molar-refractivity contribution in [2.75, 3.05) is 13.6 Å². The van der Waals surface area contributed by atoms with E-state index in [9.17, 15) is 26.4 Å². The van der Waals surface area contributed by atoms with Crippen LogP contribution < -0.4 is 5.14 Å². The Bertz CT molecular complexity index is 632. The van der Waals surface area contributed by atoms with Crippen LogP contribution >= 0.6 is 0 Å². The van der Waals surface area contributed by atoms with E-state index in [0.717, 1.165) is 19.2 Å². The quantitative estimate of drug-likeness (QED) is 0.905. The highest BCUT2D eigenvalue weighted by Gasteiger charge is 2.23. The van der Waals surface area contributed by atoms with Crippen LogP contribution in [0.15, 0.2) is 17.0 Å². The molecule has 0 unspecified atom stereocenters. The fourth-order valence-electron chi connectivity index (χ4n) is 1.62. The van der Waals surface area contributed by atoms with Crippen molar-refractivity contribution in [1.29, 1.82) is 0 Å². The van der Waals surface area contributed by atoms with Crippen molar-refractivity contribution < 1.29 is 26.4 Å². The summed E-state index contributed by atoms with van der Waals surface area (Å²) in [5, 5.41) is 4.94. The van der Waals surface area contributed by atoms with Gasteiger partial charge in [0, 0.05) is 7.05 Å². The van der Waals surface area contributed by atoms with Gasteiger partial charge in [0.05, 0.1) is 17.0 Å². The lowest BCUT2D eigenvalue weighted by atomic mass is 10.1. The number of carbonyl (C=O) groups excluding carboxylic acids is 1. The molecule has 0 aliphatic carbocycles. The number of carbonyl (C=O) groups is 1. The minimum atomic E-state index is -4.14. The average Bonchev–Trinajstić information content (AvgIpc) is 2.25. The number of primary sulfonamides is 1. The van der Waals surface area contributed by atoms with Crippen LogP contribution in [-0.2, 0) is 10.0 Å². The molecule has 2 N–H and O–H groups in total. The minimum absolute atomic E-state index is 0.0260. The molecule has 0 aromatic heterocycles. The third kappa shape index (κ3) is 3.70. The van der Waals surface area contributed by atoms with E-state index in [0.29, 0.717) is 4.90 Å². The molecule has 0 aliphatic heterocycles. The monoisotopic (exact) mass is 310 g/mol. The van der Waals surface area contributed by atoms with Gasteiger partial charge in [0.1, 0.15) is 5.82 Å². The van der Waals surface area contributed by atoms with Crippen LogP contribution in [0.3, 0.4) is 0 Å². The highest BCUT2D eigenvalue weighted by molar-refractivity contribution is 7.89. The van der Waals surface area contributed by atoms with Crippen molar-refractivity contribution in [3.8, 4) is 0 Å². The number of rotatable bonds is 4. The van der Waals surface area contributed by atoms with Crippen molar-refractivity contribution >= 4 is 15.9 Å². The molecule has 0 atom stereocenters. The predicted octanol–water partition coefficient (Wildman–Crippen LogP) is 1.12. The number of nitrogens with two attached hydrogens (primary N) is 1. The second-order valence-corrected chi connectivity index (χ2v) is 5.75. The molecule has 1 aromatic carbocycles. The summed E-state index contributed by atoms with van der Waals surface area (Å²) in [5.74, 6) is -2.05. The molecule has 9 heteroatoms. The first kappa shape index (κ1) is 16.4. The highest BCUT2D eigenvalue weighted by Crippen LogP contribution is 2.20. The van der Waals surface area contributed by atoms with Gasteiger partial charge in [-0.25, -0.2) is 26.7 Å². The number of sulfonamides is 1. The zero-order chi connectivity index (χ0) is 15.7. The Balaban J connectivity index is 3.29. The first-order valence-corrected chi connectivity index (χ1v) is 6.95. The topological polar surface area (TPSA) is 80.5 Å². The third-order valence-electron chi connectivity index (χ3n) is 2.56. The Labute approximate surface area is 114 Å². The highest BCUT2D eigenvalue weighted by atomic mass is 32.2. The fraction of sp³-hybridized carbons (Fsp3) is 0.364. The molecule has 0 heterocycles. The second-order valence-electron chi connectivity index (χ2n) is 4.22. The van der Waals surface area contributed by atoms with Gasteiger partial charge in [0.15, 0.2) is 0 Å². The molecule has 0 saturated heterocycles. The molecule has 1 aromatic rings. The molecule has 1 amide bonds. The summed E-state index contributed by atoms with van der Waals surface area (Å²) in [6.07, 6.45) is -2.78. The van der Waals surface area contributed by atoms with E-state index in [2.05, 4.69) is 0 Å². The molecule has 1 rings (SSSR count). The van der Waals surface area contributed by atoms with E-state index in [-0.39, 0.29) is 5.56 Å².